The summed E-state index contributed by atoms with van der Waals surface area (Å²) in [6.45, 7) is 4.30. The van der Waals surface area contributed by atoms with Gasteiger partial charge in [0, 0.05) is 10.6 Å². The molecule has 0 aliphatic carbocycles. The molecule has 0 fully saturated rings. The summed E-state index contributed by atoms with van der Waals surface area (Å²) in [7, 11) is 0. The van der Waals surface area contributed by atoms with Gasteiger partial charge in [0.05, 0.1) is 6.54 Å². The van der Waals surface area contributed by atoms with Crippen LogP contribution < -0.4 is 10.6 Å². The Balaban J connectivity index is 1.94. The van der Waals surface area contributed by atoms with Gasteiger partial charge in [-0.2, -0.15) is 0 Å². The third-order valence-corrected chi connectivity index (χ3v) is 3.85. The van der Waals surface area contributed by atoms with Crippen LogP contribution in [0.25, 0.3) is 0 Å². The zero-order valence-corrected chi connectivity index (χ0v) is 11.6. The van der Waals surface area contributed by atoms with Gasteiger partial charge in [0.25, 0.3) is 0 Å². The molecule has 2 aromatic rings. The number of rotatable bonds is 3. The third kappa shape index (κ3) is 3.54. The number of benzene rings is 1. The molecular weight excluding hydrogens is 263 g/mol. The SMILES string of the molecule is Cc1ccc(F)cc1NC(=O)NCc1sccc1C. The second kappa shape index (κ2) is 5.84. The van der Waals surface area contributed by atoms with Crippen LogP contribution in [0, 0.1) is 19.7 Å². The molecule has 0 spiro atoms. The van der Waals surface area contributed by atoms with Crippen molar-refractivity contribution >= 4 is 23.1 Å². The molecule has 0 radical (unpaired) electrons. The smallest absolute Gasteiger partial charge is 0.319 e. The Morgan fingerprint density at radius 3 is 2.74 bits per heavy atom. The summed E-state index contributed by atoms with van der Waals surface area (Å²) in [5, 5.41) is 7.39. The highest BCUT2D eigenvalue weighted by atomic mass is 32.1. The molecular formula is C14H15FN2OS. The lowest BCUT2D eigenvalue weighted by Crippen LogP contribution is -2.28. The first kappa shape index (κ1) is 13.5. The van der Waals surface area contributed by atoms with Crippen LogP contribution in [0.5, 0.6) is 0 Å². The van der Waals surface area contributed by atoms with Crippen molar-refractivity contribution in [1.82, 2.24) is 5.32 Å². The van der Waals surface area contributed by atoms with E-state index in [0.717, 1.165) is 16.0 Å². The summed E-state index contributed by atoms with van der Waals surface area (Å²) in [6, 6.07) is 5.99. The van der Waals surface area contributed by atoms with Crippen molar-refractivity contribution < 1.29 is 9.18 Å². The number of aryl methyl sites for hydroxylation is 2. The van der Waals surface area contributed by atoms with Gasteiger partial charge in [-0.15, -0.1) is 11.3 Å². The van der Waals surface area contributed by atoms with Gasteiger partial charge in [0.1, 0.15) is 5.82 Å². The van der Waals surface area contributed by atoms with Gasteiger partial charge in [-0.3, -0.25) is 0 Å². The fourth-order valence-corrected chi connectivity index (χ4v) is 2.49. The Morgan fingerprint density at radius 2 is 2.05 bits per heavy atom. The topological polar surface area (TPSA) is 41.1 Å². The van der Waals surface area contributed by atoms with Gasteiger partial charge in [-0.1, -0.05) is 6.07 Å². The predicted molar refractivity (Wildman–Crippen MR) is 76.1 cm³/mol. The first-order valence-electron chi connectivity index (χ1n) is 5.90. The highest BCUT2D eigenvalue weighted by Crippen LogP contribution is 2.17. The number of hydrogen-bond donors (Lipinski definition) is 2. The standard InChI is InChI=1S/C14H15FN2OS/c1-9-3-4-11(15)7-12(9)17-14(18)16-8-13-10(2)5-6-19-13/h3-7H,8H2,1-2H3,(H2,16,17,18). The Morgan fingerprint density at radius 1 is 1.26 bits per heavy atom. The quantitative estimate of drug-likeness (QED) is 0.880. The van der Waals surface area contributed by atoms with E-state index in [-0.39, 0.29) is 11.8 Å². The van der Waals surface area contributed by atoms with Gasteiger partial charge in [-0.25, -0.2) is 9.18 Å². The largest absolute Gasteiger partial charge is 0.333 e. The highest BCUT2D eigenvalue weighted by Gasteiger charge is 2.06. The zero-order chi connectivity index (χ0) is 13.8. The van der Waals surface area contributed by atoms with E-state index >= 15 is 0 Å². The lowest BCUT2D eigenvalue weighted by molar-refractivity contribution is 0.252. The molecule has 3 nitrogen and oxygen atoms in total. The number of carbonyl (C=O) groups excluding carboxylic acids is 1. The van der Waals surface area contributed by atoms with Crippen LogP contribution in [0.2, 0.25) is 0 Å². The minimum atomic E-state index is -0.366. The summed E-state index contributed by atoms with van der Waals surface area (Å²) in [5.74, 6) is -0.366. The van der Waals surface area contributed by atoms with Gasteiger partial charge >= 0.3 is 6.03 Å². The minimum absolute atomic E-state index is 0.332. The van der Waals surface area contributed by atoms with E-state index < -0.39 is 0 Å². The molecule has 0 unspecified atom stereocenters. The van der Waals surface area contributed by atoms with Crippen LogP contribution >= 0.6 is 11.3 Å². The number of anilines is 1. The zero-order valence-electron chi connectivity index (χ0n) is 10.8. The summed E-state index contributed by atoms with van der Waals surface area (Å²) >= 11 is 1.60. The van der Waals surface area contributed by atoms with E-state index in [9.17, 15) is 9.18 Å². The van der Waals surface area contributed by atoms with Crippen molar-refractivity contribution in [1.29, 1.82) is 0 Å². The normalized spacial score (nSPS) is 10.3. The van der Waals surface area contributed by atoms with Crippen molar-refractivity contribution in [3.63, 3.8) is 0 Å². The van der Waals surface area contributed by atoms with Crippen LogP contribution in [-0.4, -0.2) is 6.03 Å². The average Bonchev–Trinajstić information content (AvgIpc) is 2.77. The number of thiophene rings is 1. The van der Waals surface area contributed by atoms with Gasteiger partial charge in [-0.05, 0) is 48.6 Å². The van der Waals surface area contributed by atoms with Crippen molar-refractivity contribution in [2.75, 3.05) is 5.32 Å². The maximum Gasteiger partial charge on any atom is 0.319 e. The molecule has 1 aromatic heterocycles. The van der Waals surface area contributed by atoms with Crippen LogP contribution in [-0.2, 0) is 6.54 Å². The number of halogens is 1. The monoisotopic (exact) mass is 278 g/mol. The molecule has 5 heteroatoms. The summed E-state index contributed by atoms with van der Waals surface area (Å²) in [5.41, 5.74) is 2.47. The second-order valence-corrected chi connectivity index (χ2v) is 5.29. The number of urea groups is 1. The van der Waals surface area contributed by atoms with Crippen molar-refractivity contribution in [3.8, 4) is 0 Å². The molecule has 0 saturated carbocycles. The third-order valence-electron chi connectivity index (χ3n) is 2.83. The molecule has 100 valence electrons. The van der Waals surface area contributed by atoms with Crippen LogP contribution in [0.3, 0.4) is 0 Å². The molecule has 0 atom stereocenters. The Kier molecular flexibility index (Phi) is 4.16. The molecule has 1 aromatic carbocycles. The van der Waals surface area contributed by atoms with E-state index in [0.29, 0.717) is 12.2 Å². The molecule has 0 aliphatic heterocycles. The molecule has 0 aliphatic rings. The number of amides is 2. The predicted octanol–water partition coefficient (Wildman–Crippen LogP) is 3.83. The van der Waals surface area contributed by atoms with Crippen molar-refractivity contribution in [2.45, 2.75) is 20.4 Å². The first-order chi connectivity index (χ1) is 9.06. The van der Waals surface area contributed by atoms with Crippen LogP contribution in [0.1, 0.15) is 16.0 Å². The van der Waals surface area contributed by atoms with E-state index in [1.165, 1.54) is 12.1 Å². The molecule has 2 rings (SSSR count). The fraction of sp³-hybridized carbons (Fsp3) is 0.214. The van der Waals surface area contributed by atoms with E-state index in [4.69, 9.17) is 0 Å². The first-order valence-corrected chi connectivity index (χ1v) is 6.78. The van der Waals surface area contributed by atoms with Crippen molar-refractivity contribution in [3.05, 3.63) is 51.5 Å². The number of nitrogens with one attached hydrogen (secondary N) is 2. The maximum absolute atomic E-state index is 13.1. The summed E-state index contributed by atoms with van der Waals surface area (Å²) < 4.78 is 13.1. The lowest BCUT2D eigenvalue weighted by atomic mass is 10.2. The number of carbonyl (C=O) groups is 1. The fourth-order valence-electron chi connectivity index (χ4n) is 1.64. The Bertz CT molecular complexity index is 595. The molecule has 2 amide bonds. The molecule has 0 saturated heterocycles. The van der Waals surface area contributed by atoms with E-state index in [2.05, 4.69) is 10.6 Å². The van der Waals surface area contributed by atoms with Gasteiger partial charge in [0.2, 0.25) is 0 Å². The van der Waals surface area contributed by atoms with E-state index in [1.54, 1.807) is 17.4 Å². The van der Waals surface area contributed by atoms with Gasteiger partial charge < -0.3 is 10.6 Å². The van der Waals surface area contributed by atoms with Crippen LogP contribution in [0.4, 0.5) is 14.9 Å². The highest BCUT2D eigenvalue weighted by molar-refractivity contribution is 7.10. The molecule has 0 bridgehead atoms. The van der Waals surface area contributed by atoms with Gasteiger partial charge in [0.15, 0.2) is 0 Å². The van der Waals surface area contributed by atoms with E-state index in [1.807, 2.05) is 25.3 Å². The molecule has 2 N–H and O–H groups in total. The summed E-state index contributed by atoms with van der Waals surface area (Å²) in [4.78, 5) is 12.9. The molecule has 1 heterocycles. The minimum Gasteiger partial charge on any atom is -0.333 e. The Hall–Kier alpha value is -1.88. The summed E-state index contributed by atoms with van der Waals surface area (Å²) in [6.07, 6.45) is 0. The average molecular weight is 278 g/mol. The Labute approximate surface area is 115 Å². The van der Waals surface area contributed by atoms with Crippen LogP contribution in [0.15, 0.2) is 29.6 Å². The maximum atomic E-state index is 13.1. The lowest BCUT2D eigenvalue weighted by Gasteiger charge is -2.09. The van der Waals surface area contributed by atoms with Crippen molar-refractivity contribution in [2.24, 2.45) is 0 Å². The molecule has 19 heavy (non-hydrogen) atoms. The second-order valence-electron chi connectivity index (χ2n) is 4.29. The number of hydrogen-bond acceptors (Lipinski definition) is 2.